The molecule has 1 atom stereocenters. The van der Waals surface area contributed by atoms with Crippen molar-refractivity contribution in [2.75, 3.05) is 19.6 Å². The van der Waals surface area contributed by atoms with Gasteiger partial charge < -0.3 is 25.7 Å². The van der Waals surface area contributed by atoms with Gasteiger partial charge in [-0.15, -0.1) is 0 Å². The maximum absolute atomic E-state index is 12.1. The zero-order chi connectivity index (χ0) is 17.7. The van der Waals surface area contributed by atoms with E-state index >= 15 is 0 Å². The number of fused-ring (bicyclic) bond motifs is 1. The van der Waals surface area contributed by atoms with E-state index in [1.807, 2.05) is 24.3 Å². The fourth-order valence-corrected chi connectivity index (χ4v) is 2.35. The fraction of sp³-hybridized carbons (Fsp3) is 0.438. The molecule has 0 aliphatic carbocycles. The quantitative estimate of drug-likeness (QED) is 0.589. The molecular weight excluding hydrogens is 314 g/mol. The van der Waals surface area contributed by atoms with Crippen LogP contribution in [0.4, 0.5) is 4.79 Å². The predicted molar refractivity (Wildman–Crippen MR) is 85.2 cm³/mol. The minimum absolute atomic E-state index is 0.285. The van der Waals surface area contributed by atoms with Crippen LogP contribution in [-0.4, -0.2) is 58.3 Å². The van der Waals surface area contributed by atoms with Crippen molar-refractivity contribution in [3.63, 3.8) is 0 Å². The number of urea groups is 1. The van der Waals surface area contributed by atoms with Crippen LogP contribution >= 0.6 is 0 Å². The summed E-state index contributed by atoms with van der Waals surface area (Å²) in [5.41, 5.74) is 0.257. The lowest BCUT2D eigenvalue weighted by atomic mass is 10.0. The first-order valence-electron chi connectivity index (χ1n) is 7.61. The van der Waals surface area contributed by atoms with Crippen molar-refractivity contribution in [3.05, 3.63) is 35.4 Å². The van der Waals surface area contributed by atoms with Crippen LogP contribution in [0.5, 0.6) is 0 Å². The molecule has 0 saturated carbocycles. The van der Waals surface area contributed by atoms with Crippen LogP contribution in [0.25, 0.3) is 0 Å². The molecule has 1 heterocycles. The number of carboxylic acid groups (broad SMARTS) is 1. The van der Waals surface area contributed by atoms with Gasteiger partial charge in [0.15, 0.2) is 5.60 Å². The number of carboxylic acids is 1. The lowest BCUT2D eigenvalue weighted by molar-refractivity contribution is -0.156. The van der Waals surface area contributed by atoms with Crippen molar-refractivity contribution in [1.82, 2.24) is 15.5 Å². The Morgan fingerprint density at radius 2 is 1.88 bits per heavy atom. The number of rotatable bonds is 5. The average Bonchev–Trinajstić information content (AvgIpc) is 2.57. The first kappa shape index (κ1) is 17.7. The minimum Gasteiger partial charge on any atom is -0.479 e. The number of hydrogen-bond acceptors (Lipinski definition) is 4. The summed E-state index contributed by atoms with van der Waals surface area (Å²) in [7, 11) is 0. The first-order chi connectivity index (χ1) is 11.3. The van der Waals surface area contributed by atoms with Gasteiger partial charge >= 0.3 is 12.0 Å². The molecule has 8 heteroatoms. The summed E-state index contributed by atoms with van der Waals surface area (Å²) in [5.74, 6) is -2.00. The monoisotopic (exact) mass is 335 g/mol. The van der Waals surface area contributed by atoms with Crippen molar-refractivity contribution in [2.45, 2.75) is 25.5 Å². The highest BCUT2D eigenvalue weighted by molar-refractivity contribution is 5.85. The van der Waals surface area contributed by atoms with E-state index in [4.69, 9.17) is 5.11 Å². The molecule has 0 radical (unpaired) electrons. The standard InChI is InChI=1S/C16H21N3O5/c1-16(24,14(21)22)10-18-13(20)8-17-15(23)19-7-6-11-4-2-3-5-12(11)9-19/h2-5,24H,6-10H2,1H3,(H,17,23)(H,18,20)(H,21,22). The van der Waals surface area contributed by atoms with Crippen molar-refractivity contribution in [1.29, 1.82) is 0 Å². The third-order valence-corrected chi connectivity index (χ3v) is 3.91. The van der Waals surface area contributed by atoms with E-state index in [1.54, 1.807) is 4.90 Å². The topological polar surface area (TPSA) is 119 Å². The molecule has 24 heavy (non-hydrogen) atoms. The van der Waals surface area contributed by atoms with Crippen LogP contribution in [0.2, 0.25) is 0 Å². The first-order valence-corrected chi connectivity index (χ1v) is 7.61. The largest absolute Gasteiger partial charge is 0.479 e. The lowest BCUT2D eigenvalue weighted by Crippen LogP contribution is -2.50. The van der Waals surface area contributed by atoms with Gasteiger partial charge in [-0.25, -0.2) is 9.59 Å². The van der Waals surface area contributed by atoms with Crippen LogP contribution < -0.4 is 10.6 Å². The third-order valence-electron chi connectivity index (χ3n) is 3.91. The summed E-state index contributed by atoms with van der Waals surface area (Å²) >= 11 is 0. The van der Waals surface area contributed by atoms with Gasteiger partial charge in [-0.05, 0) is 24.5 Å². The maximum Gasteiger partial charge on any atom is 0.337 e. The number of aliphatic hydroxyl groups is 1. The van der Waals surface area contributed by atoms with Crippen LogP contribution in [0, 0.1) is 0 Å². The molecule has 1 aliphatic heterocycles. The second kappa shape index (κ2) is 7.31. The van der Waals surface area contributed by atoms with E-state index in [0.717, 1.165) is 18.9 Å². The molecule has 0 spiro atoms. The molecule has 1 aliphatic rings. The van der Waals surface area contributed by atoms with Crippen molar-refractivity contribution in [2.24, 2.45) is 0 Å². The molecule has 3 amide bonds. The molecule has 0 bridgehead atoms. The Kier molecular flexibility index (Phi) is 5.40. The second-order valence-corrected chi connectivity index (χ2v) is 5.95. The van der Waals surface area contributed by atoms with Crippen molar-refractivity contribution < 1.29 is 24.6 Å². The number of aliphatic carboxylic acids is 1. The Labute approximate surface area is 139 Å². The van der Waals surface area contributed by atoms with E-state index in [9.17, 15) is 19.5 Å². The van der Waals surface area contributed by atoms with Gasteiger partial charge in [0.2, 0.25) is 5.91 Å². The highest BCUT2D eigenvalue weighted by atomic mass is 16.4. The number of carbonyl (C=O) groups excluding carboxylic acids is 2. The molecular formula is C16H21N3O5. The van der Waals surface area contributed by atoms with Gasteiger partial charge in [-0.1, -0.05) is 24.3 Å². The van der Waals surface area contributed by atoms with Gasteiger partial charge in [0.1, 0.15) is 0 Å². The maximum atomic E-state index is 12.1. The Bertz CT molecular complexity index is 644. The number of carbonyl (C=O) groups is 3. The second-order valence-electron chi connectivity index (χ2n) is 5.95. The van der Waals surface area contributed by atoms with Crippen LogP contribution in [0.15, 0.2) is 24.3 Å². The number of hydrogen-bond donors (Lipinski definition) is 4. The van der Waals surface area contributed by atoms with Gasteiger partial charge in [-0.3, -0.25) is 4.79 Å². The molecule has 1 aromatic carbocycles. The minimum atomic E-state index is -2.05. The molecule has 1 unspecified atom stereocenters. The Balaban J connectivity index is 1.77. The molecule has 1 aromatic rings. The Hall–Kier alpha value is -2.61. The van der Waals surface area contributed by atoms with Gasteiger partial charge in [0, 0.05) is 13.1 Å². The SMILES string of the molecule is CC(O)(CNC(=O)CNC(=O)N1CCc2ccccc2C1)C(=O)O. The molecule has 0 aromatic heterocycles. The number of nitrogens with one attached hydrogen (secondary N) is 2. The molecule has 2 rings (SSSR count). The molecule has 130 valence electrons. The average molecular weight is 335 g/mol. The van der Waals surface area contributed by atoms with E-state index in [2.05, 4.69) is 10.6 Å². The van der Waals surface area contributed by atoms with Crippen LogP contribution in [0.3, 0.4) is 0 Å². The summed E-state index contributed by atoms with van der Waals surface area (Å²) in [6.45, 7) is 1.41. The molecule has 0 fully saturated rings. The number of nitrogens with zero attached hydrogens (tertiary/aromatic N) is 1. The highest BCUT2D eigenvalue weighted by Gasteiger charge is 2.30. The summed E-state index contributed by atoms with van der Waals surface area (Å²) in [6.07, 6.45) is 0.761. The Morgan fingerprint density at radius 3 is 2.54 bits per heavy atom. The number of amides is 3. The van der Waals surface area contributed by atoms with Gasteiger partial charge in [0.25, 0.3) is 0 Å². The summed E-state index contributed by atoms with van der Waals surface area (Å²) in [4.78, 5) is 36.1. The predicted octanol–water partition coefficient (Wildman–Crippen LogP) is -0.294. The number of benzene rings is 1. The zero-order valence-electron chi connectivity index (χ0n) is 13.4. The van der Waals surface area contributed by atoms with Crippen molar-refractivity contribution in [3.8, 4) is 0 Å². The van der Waals surface area contributed by atoms with E-state index in [0.29, 0.717) is 13.1 Å². The third kappa shape index (κ3) is 4.45. The summed E-state index contributed by atoms with van der Waals surface area (Å²) in [6, 6.07) is 7.53. The fourth-order valence-electron chi connectivity index (χ4n) is 2.35. The summed E-state index contributed by atoms with van der Waals surface area (Å²) < 4.78 is 0. The van der Waals surface area contributed by atoms with E-state index in [-0.39, 0.29) is 12.6 Å². The summed E-state index contributed by atoms with van der Waals surface area (Å²) in [5, 5.41) is 23.0. The zero-order valence-corrected chi connectivity index (χ0v) is 13.4. The highest BCUT2D eigenvalue weighted by Crippen LogP contribution is 2.18. The normalized spacial score (nSPS) is 15.8. The van der Waals surface area contributed by atoms with E-state index < -0.39 is 24.0 Å². The lowest BCUT2D eigenvalue weighted by Gasteiger charge is -2.28. The van der Waals surface area contributed by atoms with E-state index in [1.165, 1.54) is 5.56 Å². The Morgan fingerprint density at radius 1 is 1.21 bits per heavy atom. The molecule has 4 N–H and O–H groups in total. The molecule has 0 saturated heterocycles. The van der Waals surface area contributed by atoms with Crippen LogP contribution in [0.1, 0.15) is 18.1 Å². The van der Waals surface area contributed by atoms with Crippen molar-refractivity contribution >= 4 is 17.9 Å². The molecule has 8 nitrogen and oxygen atoms in total. The van der Waals surface area contributed by atoms with Crippen LogP contribution in [-0.2, 0) is 22.6 Å². The smallest absolute Gasteiger partial charge is 0.337 e. The van der Waals surface area contributed by atoms with Gasteiger partial charge in [0.05, 0.1) is 13.1 Å². The van der Waals surface area contributed by atoms with Gasteiger partial charge in [-0.2, -0.15) is 0 Å².